The van der Waals surface area contributed by atoms with Gasteiger partial charge in [-0.3, -0.25) is 5.32 Å². The van der Waals surface area contributed by atoms with E-state index < -0.39 is 0 Å². The van der Waals surface area contributed by atoms with E-state index >= 15 is 0 Å². The summed E-state index contributed by atoms with van der Waals surface area (Å²) < 4.78 is 0. The molecule has 1 aromatic carbocycles. The van der Waals surface area contributed by atoms with Gasteiger partial charge in [-0.05, 0) is 25.0 Å². The van der Waals surface area contributed by atoms with Gasteiger partial charge in [-0.15, -0.1) is 23.5 Å². The van der Waals surface area contributed by atoms with E-state index in [9.17, 15) is 0 Å². The highest BCUT2D eigenvalue weighted by molar-refractivity contribution is 8.01. The van der Waals surface area contributed by atoms with Crippen molar-refractivity contribution in [1.82, 2.24) is 5.32 Å². The number of fused-ring (bicyclic) bond motifs is 2. The van der Waals surface area contributed by atoms with Crippen LogP contribution in [0.5, 0.6) is 0 Å². The Balaban J connectivity index is 2.06. The van der Waals surface area contributed by atoms with Gasteiger partial charge in [0.2, 0.25) is 0 Å². The molecule has 0 saturated carbocycles. The predicted molar refractivity (Wildman–Crippen MR) is 68.5 cm³/mol. The Morgan fingerprint density at radius 1 is 1.40 bits per heavy atom. The van der Waals surface area contributed by atoms with E-state index in [4.69, 9.17) is 0 Å². The van der Waals surface area contributed by atoms with Crippen LogP contribution in [0.15, 0.2) is 29.2 Å². The first kappa shape index (κ1) is 10.1. The van der Waals surface area contributed by atoms with Gasteiger partial charge in [0.1, 0.15) is 0 Å². The van der Waals surface area contributed by atoms with Crippen LogP contribution in [0, 0.1) is 0 Å². The number of hydrogen-bond acceptors (Lipinski definition) is 3. The summed E-state index contributed by atoms with van der Waals surface area (Å²) in [4.78, 5) is 1.69. The maximum Gasteiger partial charge on any atom is 0.0923 e. The zero-order valence-electron chi connectivity index (χ0n) is 8.82. The topological polar surface area (TPSA) is 12.0 Å². The third-order valence-corrected chi connectivity index (χ3v) is 5.87. The quantitative estimate of drug-likeness (QED) is 0.745. The standard InChI is InChI=1S/C12H15NS2/c1-9-8-15-12(13-9)6-7-14-11-5-3-2-4-10(11)12/h2-5,9,13H,6-8H2,1H3. The minimum atomic E-state index is 0.223. The maximum absolute atomic E-state index is 3.78. The molecule has 2 unspecified atom stereocenters. The number of nitrogens with one attached hydrogen (secondary N) is 1. The van der Waals surface area contributed by atoms with E-state index in [0.717, 1.165) is 0 Å². The highest BCUT2D eigenvalue weighted by Crippen LogP contribution is 2.49. The van der Waals surface area contributed by atoms with Gasteiger partial charge in [-0.25, -0.2) is 0 Å². The lowest BCUT2D eigenvalue weighted by Gasteiger charge is -2.35. The molecule has 0 radical (unpaired) electrons. The third-order valence-electron chi connectivity index (χ3n) is 3.09. The number of hydrogen-bond donors (Lipinski definition) is 1. The lowest BCUT2D eigenvalue weighted by molar-refractivity contribution is 0.447. The molecule has 1 N–H and O–H groups in total. The number of benzene rings is 1. The molecule has 1 fully saturated rings. The highest BCUT2D eigenvalue weighted by atomic mass is 32.2. The van der Waals surface area contributed by atoms with E-state index in [1.165, 1.54) is 28.4 Å². The molecule has 0 bridgehead atoms. The van der Waals surface area contributed by atoms with Crippen molar-refractivity contribution in [1.29, 1.82) is 0 Å². The summed E-state index contributed by atoms with van der Waals surface area (Å²) in [5.41, 5.74) is 1.51. The highest BCUT2D eigenvalue weighted by Gasteiger charge is 2.42. The van der Waals surface area contributed by atoms with E-state index in [0.29, 0.717) is 6.04 Å². The molecular formula is C12H15NS2. The summed E-state index contributed by atoms with van der Waals surface area (Å²) in [7, 11) is 0. The van der Waals surface area contributed by atoms with Crippen LogP contribution < -0.4 is 5.32 Å². The Hall–Kier alpha value is -0.120. The van der Waals surface area contributed by atoms with Crippen LogP contribution in [-0.4, -0.2) is 17.5 Å². The normalized spacial score (nSPS) is 34.3. The molecule has 15 heavy (non-hydrogen) atoms. The SMILES string of the molecule is CC1CSC2(CCSc3ccccc32)N1. The first-order valence-corrected chi connectivity index (χ1v) is 7.41. The van der Waals surface area contributed by atoms with E-state index in [1.54, 1.807) is 0 Å². The summed E-state index contributed by atoms with van der Waals surface area (Å²) >= 11 is 4.09. The molecule has 2 aliphatic rings. The molecular weight excluding hydrogens is 222 g/mol. The molecule has 1 spiro atoms. The van der Waals surface area contributed by atoms with Crippen molar-refractivity contribution in [3.05, 3.63) is 29.8 Å². The first-order chi connectivity index (χ1) is 7.30. The van der Waals surface area contributed by atoms with Crippen LogP contribution in [0.2, 0.25) is 0 Å². The Morgan fingerprint density at radius 3 is 3.07 bits per heavy atom. The average Bonchev–Trinajstić information content (AvgIpc) is 2.62. The third kappa shape index (κ3) is 1.61. The fourth-order valence-corrected chi connectivity index (χ4v) is 5.29. The Kier molecular flexibility index (Phi) is 2.49. The van der Waals surface area contributed by atoms with Gasteiger partial charge in [0.05, 0.1) is 4.87 Å². The smallest absolute Gasteiger partial charge is 0.0923 e. The zero-order chi connectivity index (χ0) is 10.3. The van der Waals surface area contributed by atoms with Gasteiger partial charge in [0.25, 0.3) is 0 Å². The fraction of sp³-hybridized carbons (Fsp3) is 0.500. The fourth-order valence-electron chi connectivity index (χ4n) is 2.41. The summed E-state index contributed by atoms with van der Waals surface area (Å²) in [6.07, 6.45) is 1.25. The molecule has 0 amide bonds. The van der Waals surface area contributed by atoms with Crippen molar-refractivity contribution in [2.45, 2.75) is 29.2 Å². The van der Waals surface area contributed by atoms with Crippen molar-refractivity contribution < 1.29 is 0 Å². The Morgan fingerprint density at radius 2 is 2.27 bits per heavy atom. The second-order valence-electron chi connectivity index (χ2n) is 4.28. The largest absolute Gasteiger partial charge is 0.296 e. The van der Waals surface area contributed by atoms with Gasteiger partial charge >= 0.3 is 0 Å². The van der Waals surface area contributed by atoms with Crippen molar-refractivity contribution in [2.75, 3.05) is 11.5 Å². The lowest BCUT2D eigenvalue weighted by Crippen LogP contribution is -2.40. The van der Waals surface area contributed by atoms with E-state index in [2.05, 4.69) is 48.3 Å². The van der Waals surface area contributed by atoms with Crippen LogP contribution in [0.3, 0.4) is 0 Å². The molecule has 3 rings (SSSR count). The molecule has 1 aromatic rings. The first-order valence-electron chi connectivity index (χ1n) is 5.44. The van der Waals surface area contributed by atoms with Gasteiger partial charge in [0.15, 0.2) is 0 Å². The van der Waals surface area contributed by atoms with Gasteiger partial charge in [0, 0.05) is 22.4 Å². The van der Waals surface area contributed by atoms with Crippen molar-refractivity contribution in [3.63, 3.8) is 0 Å². The molecule has 2 heterocycles. The van der Waals surface area contributed by atoms with Crippen LogP contribution in [-0.2, 0) is 4.87 Å². The van der Waals surface area contributed by atoms with Crippen molar-refractivity contribution in [2.24, 2.45) is 0 Å². The molecule has 80 valence electrons. The molecule has 3 heteroatoms. The molecule has 2 atom stereocenters. The summed E-state index contributed by atoms with van der Waals surface area (Å²) in [5, 5.41) is 3.78. The van der Waals surface area contributed by atoms with Gasteiger partial charge in [-0.2, -0.15) is 0 Å². The molecule has 0 aliphatic carbocycles. The molecule has 1 saturated heterocycles. The average molecular weight is 237 g/mol. The van der Waals surface area contributed by atoms with Gasteiger partial charge in [-0.1, -0.05) is 18.2 Å². The van der Waals surface area contributed by atoms with Crippen molar-refractivity contribution >= 4 is 23.5 Å². The van der Waals surface area contributed by atoms with Gasteiger partial charge < -0.3 is 0 Å². The summed E-state index contributed by atoms with van der Waals surface area (Å²) in [5.74, 6) is 2.47. The summed E-state index contributed by atoms with van der Waals surface area (Å²) in [6.45, 7) is 2.28. The number of rotatable bonds is 0. The zero-order valence-corrected chi connectivity index (χ0v) is 10.5. The predicted octanol–water partition coefficient (Wildman–Crippen LogP) is 3.06. The van der Waals surface area contributed by atoms with Crippen LogP contribution in [0.1, 0.15) is 18.9 Å². The second kappa shape index (κ2) is 3.72. The maximum atomic E-state index is 3.78. The number of thioether (sulfide) groups is 2. The monoisotopic (exact) mass is 237 g/mol. The Bertz CT molecular complexity index is 380. The molecule has 0 aromatic heterocycles. The molecule has 2 aliphatic heterocycles. The Labute approximate surface area is 99.4 Å². The summed E-state index contributed by atoms with van der Waals surface area (Å²) in [6, 6.07) is 9.50. The lowest BCUT2D eigenvalue weighted by atomic mass is 10.0. The second-order valence-corrected chi connectivity index (χ2v) is 6.73. The minimum Gasteiger partial charge on any atom is -0.296 e. The minimum absolute atomic E-state index is 0.223. The van der Waals surface area contributed by atoms with Crippen LogP contribution in [0.4, 0.5) is 0 Å². The van der Waals surface area contributed by atoms with Crippen LogP contribution >= 0.6 is 23.5 Å². The molecule has 1 nitrogen and oxygen atoms in total. The van der Waals surface area contributed by atoms with E-state index in [1.807, 2.05) is 11.8 Å². The van der Waals surface area contributed by atoms with E-state index in [-0.39, 0.29) is 4.87 Å². The van der Waals surface area contributed by atoms with Crippen molar-refractivity contribution in [3.8, 4) is 0 Å². The van der Waals surface area contributed by atoms with Crippen LogP contribution in [0.25, 0.3) is 0 Å².